The molecule has 0 amide bonds. The van der Waals surface area contributed by atoms with E-state index >= 15 is 0 Å². The SMILES string of the molecule is CN[C@H](C(=O)O)c1ccccc1Cl. The fraction of sp³-hybridized carbons (Fsp3) is 0.222. The third kappa shape index (κ3) is 2.20. The fourth-order valence-corrected chi connectivity index (χ4v) is 1.37. The highest BCUT2D eigenvalue weighted by molar-refractivity contribution is 6.31. The number of aliphatic carboxylic acids is 1. The zero-order valence-electron chi connectivity index (χ0n) is 7.12. The number of hydrogen-bond donors (Lipinski definition) is 2. The van der Waals surface area contributed by atoms with E-state index in [1.807, 2.05) is 0 Å². The summed E-state index contributed by atoms with van der Waals surface area (Å²) in [6.45, 7) is 0. The van der Waals surface area contributed by atoms with Crippen LogP contribution in [0.25, 0.3) is 0 Å². The summed E-state index contributed by atoms with van der Waals surface area (Å²) in [5.74, 6) is -0.935. The molecule has 1 aromatic carbocycles. The first-order valence-corrected chi connectivity index (χ1v) is 4.19. The molecule has 70 valence electrons. The quantitative estimate of drug-likeness (QED) is 0.779. The van der Waals surface area contributed by atoms with Gasteiger partial charge in [0.05, 0.1) is 0 Å². The van der Waals surface area contributed by atoms with Gasteiger partial charge >= 0.3 is 5.97 Å². The van der Waals surface area contributed by atoms with E-state index in [9.17, 15) is 4.79 Å². The molecule has 0 fully saturated rings. The predicted molar refractivity (Wildman–Crippen MR) is 50.9 cm³/mol. The van der Waals surface area contributed by atoms with Gasteiger partial charge in [-0.25, -0.2) is 0 Å². The Morgan fingerprint density at radius 3 is 2.62 bits per heavy atom. The Morgan fingerprint density at radius 2 is 2.15 bits per heavy atom. The van der Waals surface area contributed by atoms with E-state index in [4.69, 9.17) is 16.7 Å². The monoisotopic (exact) mass is 199 g/mol. The summed E-state index contributed by atoms with van der Waals surface area (Å²) in [5.41, 5.74) is 0.583. The molecule has 0 aliphatic rings. The van der Waals surface area contributed by atoms with E-state index in [0.717, 1.165) is 0 Å². The van der Waals surface area contributed by atoms with Gasteiger partial charge in [-0.3, -0.25) is 4.79 Å². The highest BCUT2D eigenvalue weighted by Gasteiger charge is 2.19. The van der Waals surface area contributed by atoms with E-state index in [-0.39, 0.29) is 0 Å². The van der Waals surface area contributed by atoms with Crippen molar-refractivity contribution in [3.8, 4) is 0 Å². The van der Waals surface area contributed by atoms with Gasteiger partial charge in [-0.05, 0) is 18.7 Å². The number of carbonyl (C=O) groups is 1. The highest BCUT2D eigenvalue weighted by Crippen LogP contribution is 2.22. The van der Waals surface area contributed by atoms with E-state index in [2.05, 4.69) is 5.32 Å². The van der Waals surface area contributed by atoms with Gasteiger partial charge in [-0.1, -0.05) is 29.8 Å². The molecule has 1 aromatic rings. The first-order valence-electron chi connectivity index (χ1n) is 3.81. The largest absolute Gasteiger partial charge is 0.480 e. The molecule has 4 heteroatoms. The number of carboxylic acids is 1. The Bertz CT molecular complexity index is 314. The third-order valence-electron chi connectivity index (χ3n) is 1.75. The molecule has 0 bridgehead atoms. The van der Waals surface area contributed by atoms with Crippen molar-refractivity contribution in [1.29, 1.82) is 0 Å². The van der Waals surface area contributed by atoms with Crippen LogP contribution in [-0.2, 0) is 4.79 Å². The van der Waals surface area contributed by atoms with Gasteiger partial charge in [0.25, 0.3) is 0 Å². The molecule has 0 aliphatic heterocycles. The van der Waals surface area contributed by atoms with Gasteiger partial charge in [-0.15, -0.1) is 0 Å². The molecule has 0 aliphatic carbocycles. The molecule has 0 heterocycles. The summed E-state index contributed by atoms with van der Waals surface area (Å²) >= 11 is 5.84. The van der Waals surface area contributed by atoms with Gasteiger partial charge in [0.15, 0.2) is 0 Å². The van der Waals surface area contributed by atoms with Crippen LogP contribution in [0.15, 0.2) is 24.3 Å². The van der Waals surface area contributed by atoms with Crippen LogP contribution in [0, 0.1) is 0 Å². The lowest BCUT2D eigenvalue weighted by molar-refractivity contribution is -0.139. The van der Waals surface area contributed by atoms with E-state index in [0.29, 0.717) is 10.6 Å². The highest BCUT2D eigenvalue weighted by atomic mass is 35.5. The molecule has 0 radical (unpaired) electrons. The molecule has 0 unspecified atom stereocenters. The second-order valence-electron chi connectivity index (χ2n) is 2.58. The summed E-state index contributed by atoms with van der Waals surface area (Å²) in [7, 11) is 1.59. The minimum Gasteiger partial charge on any atom is -0.480 e. The van der Waals surface area contributed by atoms with E-state index in [1.165, 1.54) is 0 Å². The smallest absolute Gasteiger partial charge is 0.325 e. The van der Waals surface area contributed by atoms with Crippen molar-refractivity contribution in [3.05, 3.63) is 34.9 Å². The third-order valence-corrected chi connectivity index (χ3v) is 2.10. The summed E-state index contributed by atoms with van der Waals surface area (Å²) < 4.78 is 0. The lowest BCUT2D eigenvalue weighted by atomic mass is 10.1. The maximum absolute atomic E-state index is 10.8. The Balaban J connectivity index is 3.04. The zero-order valence-corrected chi connectivity index (χ0v) is 7.88. The summed E-state index contributed by atoms with van der Waals surface area (Å²) in [4.78, 5) is 10.8. The molecule has 2 N–H and O–H groups in total. The molecular weight excluding hydrogens is 190 g/mol. The molecule has 1 atom stereocenters. The van der Waals surface area contributed by atoms with E-state index in [1.54, 1.807) is 31.3 Å². The lowest BCUT2D eigenvalue weighted by Crippen LogP contribution is -2.25. The van der Waals surface area contributed by atoms with Crippen molar-refractivity contribution in [1.82, 2.24) is 5.32 Å². The van der Waals surface area contributed by atoms with Crippen LogP contribution >= 0.6 is 11.6 Å². The second-order valence-corrected chi connectivity index (χ2v) is 2.99. The van der Waals surface area contributed by atoms with Gasteiger partial charge in [0.1, 0.15) is 6.04 Å². The Hall–Kier alpha value is -1.06. The van der Waals surface area contributed by atoms with Gasteiger partial charge in [0.2, 0.25) is 0 Å². The van der Waals surface area contributed by atoms with Crippen LogP contribution < -0.4 is 5.32 Å². The normalized spacial score (nSPS) is 12.5. The number of benzene rings is 1. The maximum atomic E-state index is 10.8. The average molecular weight is 200 g/mol. The molecule has 1 rings (SSSR count). The standard InChI is InChI=1S/C9H10ClNO2/c1-11-8(9(12)13)6-4-2-3-5-7(6)10/h2-5,8,11H,1H3,(H,12,13)/t8-/m0/s1. The molecule has 13 heavy (non-hydrogen) atoms. The number of halogens is 1. The van der Waals surface area contributed by atoms with Crippen molar-refractivity contribution in [2.75, 3.05) is 7.05 Å². The molecule has 3 nitrogen and oxygen atoms in total. The Labute approximate surface area is 81.3 Å². The first-order chi connectivity index (χ1) is 6.16. The minimum atomic E-state index is -0.935. The summed E-state index contributed by atoms with van der Waals surface area (Å²) in [6, 6.07) is 6.14. The van der Waals surface area contributed by atoms with Crippen molar-refractivity contribution < 1.29 is 9.90 Å². The first kappa shape index (κ1) is 10.0. The van der Waals surface area contributed by atoms with Crippen LogP contribution in [0.4, 0.5) is 0 Å². The van der Waals surface area contributed by atoms with E-state index < -0.39 is 12.0 Å². The lowest BCUT2D eigenvalue weighted by Gasteiger charge is -2.12. The summed E-state index contributed by atoms with van der Waals surface area (Å²) in [6.07, 6.45) is 0. The Kier molecular flexibility index (Phi) is 3.28. The van der Waals surface area contributed by atoms with Gasteiger partial charge in [0, 0.05) is 5.02 Å². The molecule has 0 saturated carbocycles. The number of carboxylic acid groups (broad SMARTS) is 1. The molecule has 0 aromatic heterocycles. The van der Waals surface area contributed by atoms with Crippen LogP contribution in [0.5, 0.6) is 0 Å². The average Bonchev–Trinajstić information content (AvgIpc) is 2.09. The number of likely N-dealkylation sites (N-methyl/N-ethyl adjacent to an activating group) is 1. The zero-order chi connectivity index (χ0) is 9.84. The molecule has 0 saturated heterocycles. The van der Waals surface area contributed by atoms with Crippen molar-refractivity contribution in [3.63, 3.8) is 0 Å². The van der Waals surface area contributed by atoms with Gasteiger partial charge in [-0.2, -0.15) is 0 Å². The van der Waals surface area contributed by atoms with Crippen LogP contribution in [0.3, 0.4) is 0 Å². The predicted octanol–water partition coefficient (Wildman–Crippen LogP) is 1.69. The number of nitrogens with one attached hydrogen (secondary N) is 1. The van der Waals surface area contributed by atoms with Crippen LogP contribution in [0.2, 0.25) is 5.02 Å². The van der Waals surface area contributed by atoms with Crippen molar-refractivity contribution >= 4 is 17.6 Å². The topological polar surface area (TPSA) is 49.3 Å². The maximum Gasteiger partial charge on any atom is 0.325 e. The minimum absolute atomic E-state index is 0.462. The summed E-state index contributed by atoms with van der Waals surface area (Å²) in [5, 5.41) is 12.0. The molecule has 0 spiro atoms. The number of hydrogen-bond acceptors (Lipinski definition) is 2. The van der Waals surface area contributed by atoms with Crippen LogP contribution in [-0.4, -0.2) is 18.1 Å². The van der Waals surface area contributed by atoms with Crippen molar-refractivity contribution in [2.24, 2.45) is 0 Å². The Morgan fingerprint density at radius 1 is 1.54 bits per heavy atom. The van der Waals surface area contributed by atoms with Crippen LogP contribution in [0.1, 0.15) is 11.6 Å². The fourth-order valence-electron chi connectivity index (χ4n) is 1.12. The van der Waals surface area contributed by atoms with Gasteiger partial charge < -0.3 is 10.4 Å². The molecular formula is C9H10ClNO2. The number of rotatable bonds is 3. The van der Waals surface area contributed by atoms with Crippen molar-refractivity contribution in [2.45, 2.75) is 6.04 Å². The second kappa shape index (κ2) is 4.25.